The van der Waals surface area contributed by atoms with Gasteiger partial charge in [-0.2, -0.15) is 0 Å². The molecule has 0 aliphatic carbocycles. The van der Waals surface area contributed by atoms with Crippen molar-refractivity contribution in [2.75, 3.05) is 6.61 Å². The van der Waals surface area contributed by atoms with Gasteiger partial charge in [0.05, 0.1) is 6.61 Å². The number of aliphatic hydroxyl groups is 1. The number of Topliss-reactive ketones (excluding diaryl/α,β-unsaturated/α-hetero) is 1. The van der Waals surface area contributed by atoms with Gasteiger partial charge in [0.25, 0.3) is 0 Å². The highest BCUT2D eigenvalue weighted by Gasteiger charge is 2.14. The topological polar surface area (TPSA) is 63.6 Å². The van der Waals surface area contributed by atoms with E-state index >= 15 is 0 Å². The minimum absolute atomic E-state index is 0.115. The second kappa shape index (κ2) is 7.25. The highest BCUT2D eigenvalue weighted by atomic mass is 28.3. The van der Waals surface area contributed by atoms with Crippen molar-refractivity contribution in [3.8, 4) is 11.5 Å². The third-order valence-electron chi connectivity index (χ3n) is 1.68. The largest absolute Gasteiger partial charge is 0.466 e. The lowest BCUT2D eigenvalue weighted by molar-refractivity contribution is -0.145. The molecule has 0 amide bonds. The minimum atomic E-state index is -1.54. The normalized spacial score (nSPS) is 12.3. The van der Waals surface area contributed by atoms with Crippen molar-refractivity contribution in [1.82, 2.24) is 0 Å². The SMILES string of the molecule is CCOC(=O)CC(=O)CC(O)C#C[Si](C)(C)C. The van der Waals surface area contributed by atoms with Crippen molar-refractivity contribution in [3.63, 3.8) is 0 Å². The summed E-state index contributed by atoms with van der Waals surface area (Å²) in [5.41, 5.74) is 2.98. The Kier molecular flexibility index (Phi) is 6.77. The van der Waals surface area contributed by atoms with Gasteiger partial charge in [-0.05, 0) is 6.92 Å². The van der Waals surface area contributed by atoms with Gasteiger partial charge in [-0.1, -0.05) is 25.6 Å². The molecule has 0 aliphatic heterocycles. The lowest BCUT2D eigenvalue weighted by atomic mass is 10.1. The van der Waals surface area contributed by atoms with E-state index < -0.39 is 20.1 Å². The molecular formula is C12H20O4Si. The van der Waals surface area contributed by atoms with Crippen molar-refractivity contribution in [2.45, 2.75) is 45.5 Å². The van der Waals surface area contributed by atoms with Gasteiger partial charge in [0.15, 0.2) is 0 Å². The van der Waals surface area contributed by atoms with Gasteiger partial charge in [0.1, 0.15) is 26.4 Å². The molecule has 0 aromatic carbocycles. The van der Waals surface area contributed by atoms with E-state index in [0.29, 0.717) is 0 Å². The summed E-state index contributed by atoms with van der Waals surface area (Å²) >= 11 is 0. The molecule has 0 fully saturated rings. The highest BCUT2D eigenvalue weighted by Crippen LogP contribution is 2.00. The van der Waals surface area contributed by atoms with Crippen LogP contribution in [0.25, 0.3) is 0 Å². The third-order valence-corrected chi connectivity index (χ3v) is 2.58. The van der Waals surface area contributed by atoms with Gasteiger partial charge in [-0.3, -0.25) is 9.59 Å². The molecule has 1 N–H and O–H groups in total. The number of carbonyl (C=O) groups is 2. The fourth-order valence-electron chi connectivity index (χ4n) is 1.01. The number of esters is 1. The summed E-state index contributed by atoms with van der Waals surface area (Å²) in [7, 11) is -1.54. The summed E-state index contributed by atoms with van der Waals surface area (Å²) in [5, 5.41) is 9.50. The molecule has 0 aromatic rings. The van der Waals surface area contributed by atoms with E-state index in [9.17, 15) is 14.7 Å². The molecule has 0 bridgehead atoms. The average molecular weight is 256 g/mol. The summed E-state index contributed by atoms with van der Waals surface area (Å²) in [6.45, 7) is 8.08. The maximum atomic E-state index is 11.3. The molecule has 1 atom stereocenters. The van der Waals surface area contributed by atoms with Crippen LogP contribution in [0.15, 0.2) is 0 Å². The Morgan fingerprint density at radius 2 is 1.94 bits per heavy atom. The first-order chi connectivity index (χ1) is 7.74. The van der Waals surface area contributed by atoms with Gasteiger partial charge < -0.3 is 9.84 Å². The van der Waals surface area contributed by atoms with Crippen molar-refractivity contribution in [2.24, 2.45) is 0 Å². The number of rotatable bonds is 5. The monoisotopic (exact) mass is 256 g/mol. The zero-order chi connectivity index (χ0) is 13.5. The lowest BCUT2D eigenvalue weighted by Gasteiger charge is -2.06. The molecule has 0 aliphatic rings. The first-order valence-electron chi connectivity index (χ1n) is 5.62. The Morgan fingerprint density at radius 3 is 2.41 bits per heavy atom. The van der Waals surface area contributed by atoms with E-state index in [-0.39, 0.29) is 25.2 Å². The molecule has 0 spiro atoms. The van der Waals surface area contributed by atoms with Crippen molar-refractivity contribution < 1.29 is 19.4 Å². The van der Waals surface area contributed by atoms with Gasteiger partial charge in [-0.25, -0.2) is 0 Å². The Bertz CT molecular complexity index is 333. The van der Waals surface area contributed by atoms with Crippen molar-refractivity contribution in [1.29, 1.82) is 0 Å². The van der Waals surface area contributed by atoms with E-state index in [4.69, 9.17) is 0 Å². The maximum absolute atomic E-state index is 11.3. The van der Waals surface area contributed by atoms with Crippen LogP contribution in [0.2, 0.25) is 19.6 Å². The molecule has 0 saturated carbocycles. The summed E-state index contributed by atoms with van der Waals surface area (Å²) in [5.74, 6) is 1.75. The van der Waals surface area contributed by atoms with Crippen molar-refractivity contribution in [3.05, 3.63) is 0 Å². The van der Waals surface area contributed by atoms with Crippen LogP contribution in [0.4, 0.5) is 0 Å². The number of hydrogen-bond acceptors (Lipinski definition) is 4. The molecule has 0 heterocycles. The predicted molar refractivity (Wildman–Crippen MR) is 68.0 cm³/mol. The number of aliphatic hydroxyl groups excluding tert-OH is 1. The van der Waals surface area contributed by atoms with Crippen LogP contribution in [-0.2, 0) is 14.3 Å². The molecule has 5 heteroatoms. The van der Waals surface area contributed by atoms with Crippen LogP contribution in [0.1, 0.15) is 19.8 Å². The van der Waals surface area contributed by atoms with Gasteiger partial charge >= 0.3 is 5.97 Å². The zero-order valence-corrected chi connectivity index (χ0v) is 11.9. The summed E-state index contributed by atoms with van der Waals surface area (Å²) in [6.07, 6.45) is -1.39. The molecule has 96 valence electrons. The third kappa shape index (κ3) is 9.79. The fraction of sp³-hybridized carbons (Fsp3) is 0.667. The molecule has 1 unspecified atom stereocenters. The quantitative estimate of drug-likeness (QED) is 0.347. The van der Waals surface area contributed by atoms with E-state index in [1.54, 1.807) is 6.92 Å². The standard InChI is InChI=1S/C12H20O4Si/c1-5-16-12(15)9-11(14)8-10(13)6-7-17(2,3)4/h10,13H,5,8-9H2,1-4H3. The predicted octanol–water partition coefficient (Wildman–Crippen LogP) is 1.14. The average Bonchev–Trinajstić information content (AvgIpc) is 2.13. The molecule has 4 nitrogen and oxygen atoms in total. The Labute approximate surface area is 103 Å². The number of hydrogen-bond donors (Lipinski definition) is 1. The maximum Gasteiger partial charge on any atom is 0.313 e. The highest BCUT2D eigenvalue weighted by molar-refractivity contribution is 6.83. The number of ketones is 1. The Balaban J connectivity index is 4.12. The lowest BCUT2D eigenvalue weighted by Crippen LogP contribution is -2.20. The van der Waals surface area contributed by atoms with E-state index in [1.807, 2.05) is 19.6 Å². The summed E-state index contributed by atoms with van der Waals surface area (Å²) in [4.78, 5) is 22.3. The van der Waals surface area contributed by atoms with E-state index in [1.165, 1.54) is 0 Å². The first kappa shape index (κ1) is 15.9. The Morgan fingerprint density at radius 1 is 1.35 bits per heavy atom. The second-order valence-electron chi connectivity index (χ2n) is 4.76. The molecule has 0 radical (unpaired) electrons. The zero-order valence-electron chi connectivity index (χ0n) is 10.9. The van der Waals surface area contributed by atoms with Crippen LogP contribution >= 0.6 is 0 Å². The van der Waals surface area contributed by atoms with Crippen LogP contribution in [-0.4, -0.2) is 37.6 Å². The fourth-order valence-corrected chi connectivity index (χ4v) is 1.61. The first-order valence-corrected chi connectivity index (χ1v) is 9.12. The summed E-state index contributed by atoms with van der Waals surface area (Å²) in [6, 6.07) is 0. The van der Waals surface area contributed by atoms with E-state index in [2.05, 4.69) is 16.2 Å². The molecule has 17 heavy (non-hydrogen) atoms. The van der Waals surface area contributed by atoms with Gasteiger partial charge in [0.2, 0.25) is 0 Å². The molecule has 0 saturated heterocycles. The van der Waals surface area contributed by atoms with Gasteiger partial charge in [0, 0.05) is 6.42 Å². The number of carbonyl (C=O) groups excluding carboxylic acids is 2. The van der Waals surface area contributed by atoms with Crippen LogP contribution in [0.3, 0.4) is 0 Å². The molecule has 0 aromatic heterocycles. The van der Waals surface area contributed by atoms with Crippen LogP contribution in [0.5, 0.6) is 0 Å². The Hall–Kier alpha value is -1.12. The summed E-state index contributed by atoms with van der Waals surface area (Å²) < 4.78 is 4.64. The minimum Gasteiger partial charge on any atom is -0.466 e. The van der Waals surface area contributed by atoms with Gasteiger partial charge in [-0.15, -0.1) is 5.54 Å². The van der Waals surface area contributed by atoms with Crippen LogP contribution < -0.4 is 0 Å². The smallest absolute Gasteiger partial charge is 0.313 e. The van der Waals surface area contributed by atoms with E-state index in [0.717, 1.165) is 0 Å². The van der Waals surface area contributed by atoms with Crippen molar-refractivity contribution >= 4 is 19.8 Å². The molecule has 0 rings (SSSR count). The number of ether oxygens (including phenoxy) is 1. The molecular weight excluding hydrogens is 236 g/mol. The second-order valence-corrected chi connectivity index (χ2v) is 9.51. The van der Waals surface area contributed by atoms with Crippen LogP contribution in [0, 0.1) is 11.5 Å².